The zero-order valence-electron chi connectivity index (χ0n) is 25.5. The van der Waals surface area contributed by atoms with E-state index in [1.165, 1.54) is 22.7 Å². The Morgan fingerprint density at radius 3 is 1.22 bits per heavy atom. The molecule has 0 saturated carbocycles. The van der Waals surface area contributed by atoms with E-state index in [1.807, 2.05) is 53.7 Å². The highest BCUT2D eigenvalue weighted by molar-refractivity contribution is 8.77. The van der Waals surface area contributed by atoms with E-state index in [1.54, 1.807) is 57.9 Å². The van der Waals surface area contributed by atoms with Crippen LogP contribution in [0.4, 0.5) is 0 Å². The van der Waals surface area contributed by atoms with Crippen LogP contribution < -0.4 is 0 Å². The van der Waals surface area contributed by atoms with E-state index in [2.05, 4.69) is 20.2 Å². The topological polar surface area (TPSA) is 130 Å². The molecule has 0 aliphatic rings. The molecule has 10 nitrogen and oxygen atoms in total. The molecule has 0 amide bonds. The SMILES string of the molecule is Cc1ccc(S(=O)(=O)c2nc(-n3nc(C)cc3C)sc2SSc2sc(-n3nc(C)cc3C)nc2S(=O)(=O)c2ccc(C)cc2)cc1. The fourth-order valence-corrected chi connectivity index (χ4v) is 13.8. The van der Waals surface area contributed by atoms with Crippen LogP contribution in [-0.4, -0.2) is 46.4 Å². The van der Waals surface area contributed by atoms with E-state index in [0.717, 1.165) is 55.5 Å². The molecular formula is C30H28N6O4S6. The molecule has 0 bridgehead atoms. The third-order valence-corrected chi connectivity index (χ3v) is 16.1. The summed E-state index contributed by atoms with van der Waals surface area (Å²) >= 11 is 2.35. The van der Waals surface area contributed by atoms with Gasteiger partial charge in [-0.1, -0.05) is 58.1 Å². The van der Waals surface area contributed by atoms with Gasteiger partial charge in [0, 0.05) is 11.4 Å². The Hall–Kier alpha value is -3.28. The van der Waals surface area contributed by atoms with E-state index >= 15 is 0 Å². The van der Waals surface area contributed by atoms with Crippen molar-refractivity contribution in [1.29, 1.82) is 0 Å². The smallest absolute Gasteiger partial charge is 0.217 e. The highest BCUT2D eigenvalue weighted by Crippen LogP contribution is 2.49. The summed E-state index contributed by atoms with van der Waals surface area (Å²) in [4.78, 5) is 9.39. The number of hydrogen-bond acceptors (Lipinski definition) is 12. The normalized spacial score (nSPS) is 12.2. The van der Waals surface area contributed by atoms with Gasteiger partial charge in [-0.2, -0.15) is 10.2 Å². The van der Waals surface area contributed by atoms with Gasteiger partial charge < -0.3 is 0 Å². The fourth-order valence-electron chi connectivity index (χ4n) is 4.57. The van der Waals surface area contributed by atoms with Crippen LogP contribution >= 0.6 is 44.3 Å². The molecule has 0 aliphatic heterocycles. The molecule has 0 radical (unpaired) electrons. The Bertz CT molecular complexity index is 2140. The third-order valence-electron chi connectivity index (χ3n) is 6.86. The maximum atomic E-state index is 14.0. The van der Waals surface area contributed by atoms with Crippen molar-refractivity contribution in [3.8, 4) is 10.3 Å². The van der Waals surface area contributed by atoms with Crippen molar-refractivity contribution in [3.63, 3.8) is 0 Å². The minimum absolute atomic E-state index is 0.113. The second-order valence-corrected chi connectivity index (χ2v) is 19.0. The summed E-state index contributed by atoms with van der Waals surface area (Å²) in [7, 11) is -5.81. The molecule has 238 valence electrons. The van der Waals surface area contributed by atoms with E-state index in [-0.39, 0.29) is 19.8 Å². The van der Waals surface area contributed by atoms with Crippen molar-refractivity contribution in [2.75, 3.05) is 0 Å². The first-order chi connectivity index (χ1) is 21.7. The monoisotopic (exact) mass is 728 g/mol. The van der Waals surface area contributed by atoms with Crippen molar-refractivity contribution < 1.29 is 16.8 Å². The first-order valence-electron chi connectivity index (χ1n) is 13.8. The van der Waals surface area contributed by atoms with Crippen molar-refractivity contribution in [3.05, 3.63) is 94.6 Å². The Balaban J connectivity index is 1.46. The average molecular weight is 729 g/mol. The summed E-state index contributed by atoms with van der Waals surface area (Å²) < 4.78 is 59.8. The Morgan fingerprint density at radius 1 is 0.565 bits per heavy atom. The molecule has 6 rings (SSSR count). The summed E-state index contributed by atoms with van der Waals surface area (Å²) in [5.41, 5.74) is 5.00. The molecule has 2 aromatic carbocycles. The molecule has 6 aromatic rings. The first-order valence-corrected chi connectivity index (χ1v) is 20.6. The van der Waals surface area contributed by atoms with E-state index in [0.29, 0.717) is 18.7 Å². The van der Waals surface area contributed by atoms with Crippen molar-refractivity contribution >= 4 is 63.9 Å². The number of sulfone groups is 2. The lowest BCUT2D eigenvalue weighted by molar-refractivity contribution is 0.589. The molecule has 0 N–H and O–H groups in total. The molecule has 0 saturated heterocycles. The van der Waals surface area contributed by atoms with Crippen LogP contribution in [-0.2, 0) is 19.7 Å². The van der Waals surface area contributed by atoms with Gasteiger partial charge in [0.15, 0.2) is 10.1 Å². The predicted octanol–water partition coefficient (Wildman–Crippen LogP) is 7.29. The number of nitrogens with zero attached hydrogens (tertiary/aromatic N) is 6. The fraction of sp³-hybridized carbons (Fsp3) is 0.200. The molecule has 0 atom stereocenters. The minimum atomic E-state index is -4.03. The molecule has 4 aromatic heterocycles. The molecular weight excluding hydrogens is 701 g/mol. The van der Waals surface area contributed by atoms with Gasteiger partial charge in [0.1, 0.15) is 8.42 Å². The van der Waals surface area contributed by atoms with Crippen molar-refractivity contribution in [1.82, 2.24) is 29.5 Å². The summed E-state index contributed by atoms with van der Waals surface area (Å²) in [5, 5.41) is 9.56. The van der Waals surface area contributed by atoms with Crippen LogP contribution in [0.25, 0.3) is 10.3 Å². The van der Waals surface area contributed by atoms with Crippen LogP contribution in [0.2, 0.25) is 0 Å². The lowest BCUT2D eigenvalue weighted by Gasteiger charge is -2.06. The lowest BCUT2D eigenvalue weighted by atomic mass is 10.2. The van der Waals surface area contributed by atoms with Crippen LogP contribution in [0, 0.1) is 41.5 Å². The number of rotatable bonds is 9. The van der Waals surface area contributed by atoms with E-state index < -0.39 is 19.7 Å². The highest BCUT2D eigenvalue weighted by Gasteiger charge is 2.31. The second kappa shape index (κ2) is 12.4. The quantitative estimate of drug-likeness (QED) is 0.140. The van der Waals surface area contributed by atoms with Gasteiger partial charge in [-0.05, 0) is 99.5 Å². The Kier molecular flexibility index (Phi) is 8.80. The first kappa shape index (κ1) is 32.7. The van der Waals surface area contributed by atoms with Crippen LogP contribution in [0.15, 0.2) is 88.9 Å². The number of hydrogen-bond donors (Lipinski definition) is 0. The standard InChI is InChI=1S/C30H28N6O4S6/c1-17-7-11-23(12-8-17)45(37,38)25-27(41-29(31-25)35-21(5)15-19(3)33-35)43-44-28-26(46(39,40)24-13-9-18(2)10-14-24)32-30(42-28)36-22(6)16-20(4)34-36/h7-16H,1-6H3. The predicted molar refractivity (Wildman–Crippen MR) is 182 cm³/mol. The van der Waals surface area contributed by atoms with Gasteiger partial charge in [-0.3, -0.25) is 0 Å². The Morgan fingerprint density at radius 2 is 0.913 bits per heavy atom. The van der Waals surface area contributed by atoms with Gasteiger partial charge in [-0.15, -0.1) is 0 Å². The average Bonchev–Trinajstić information content (AvgIpc) is 3.77. The maximum Gasteiger partial charge on any atom is 0.225 e. The summed E-state index contributed by atoms with van der Waals surface area (Å²) in [5.74, 6) is 0. The molecule has 4 heterocycles. The van der Waals surface area contributed by atoms with Gasteiger partial charge in [-0.25, -0.2) is 36.2 Å². The summed E-state index contributed by atoms with van der Waals surface area (Å²) in [6, 6.07) is 17.0. The molecule has 16 heteroatoms. The van der Waals surface area contributed by atoms with Gasteiger partial charge in [0.25, 0.3) is 0 Å². The molecule has 46 heavy (non-hydrogen) atoms. The van der Waals surface area contributed by atoms with Crippen LogP contribution in [0.3, 0.4) is 0 Å². The Labute approximate surface area is 283 Å². The maximum absolute atomic E-state index is 14.0. The van der Waals surface area contributed by atoms with Crippen molar-refractivity contribution in [2.24, 2.45) is 0 Å². The van der Waals surface area contributed by atoms with Crippen molar-refractivity contribution in [2.45, 2.75) is 69.8 Å². The van der Waals surface area contributed by atoms with Crippen LogP contribution in [0.5, 0.6) is 0 Å². The number of aryl methyl sites for hydroxylation is 6. The summed E-state index contributed by atoms with van der Waals surface area (Å²) in [6.45, 7) is 11.2. The highest BCUT2D eigenvalue weighted by atomic mass is 33.1. The molecule has 0 fully saturated rings. The van der Waals surface area contributed by atoms with E-state index in [9.17, 15) is 16.8 Å². The largest absolute Gasteiger partial charge is 0.225 e. The van der Waals surface area contributed by atoms with Gasteiger partial charge in [0.05, 0.1) is 21.2 Å². The third kappa shape index (κ3) is 6.21. The number of benzene rings is 2. The zero-order valence-corrected chi connectivity index (χ0v) is 30.4. The second-order valence-electron chi connectivity index (χ2n) is 10.7. The lowest BCUT2D eigenvalue weighted by Crippen LogP contribution is -2.05. The molecule has 0 unspecified atom stereocenters. The molecule has 0 spiro atoms. The molecule has 0 aliphatic carbocycles. The van der Waals surface area contributed by atoms with Gasteiger partial charge >= 0.3 is 0 Å². The van der Waals surface area contributed by atoms with Gasteiger partial charge in [0.2, 0.25) is 29.9 Å². The summed E-state index contributed by atoms with van der Waals surface area (Å²) in [6.07, 6.45) is 0. The number of thiazole rings is 2. The minimum Gasteiger partial charge on any atom is -0.217 e. The van der Waals surface area contributed by atoms with Crippen LogP contribution in [0.1, 0.15) is 33.9 Å². The van der Waals surface area contributed by atoms with E-state index in [4.69, 9.17) is 0 Å². The number of aromatic nitrogens is 6. The zero-order chi connectivity index (χ0) is 33.0.